The minimum atomic E-state index is 0.120. The summed E-state index contributed by atoms with van der Waals surface area (Å²) in [5.41, 5.74) is 7.04. The average Bonchev–Trinajstić information content (AvgIpc) is 3.14. The minimum Gasteiger partial charge on any atom is -0.348 e. The highest BCUT2D eigenvalue weighted by Crippen LogP contribution is 2.32. The van der Waals surface area contributed by atoms with Gasteiger partial charge in [0.2, 0.25) is 5.91 Å². The molecule has 2 fully saturated rings. The Morgan fingerprint density at radius 2 is 2.18 bits per heavy atom. The third-order valence-corrected chi connectivity index (χ3v) is 6.10. The summed E-state index contributed by atoms with van der Waals surface area (Å²) in [5.74, 6) is 0.518. The maximum Gasteiger partial charge on any atom is 0.225 e. The summed E-state index contributed by atoms with van der Waals surface area (Å²) < 4.78 is 0. The minimum absolute atomic E-state index is 0.120. The Kier molecular flexibility index (Phi) is 4.41. The van der Waals surface area contributed by atoms with Crippen molar-refractivity contribution in [3.8, 4) is 0 Å². The van der Waals surface area contributed by atoms with Crippen LogP contribution in [0.2, 0.25) is 0 Å². The first-order valence-corrected chi connectivity index (χ1v) is 9.05. The van der Waals surface area contributed by atoms with Crippen LogP contribution in [0.25, 0.3) is 0 Å². The quantitative estimate of drug-likeness (QED) is 0.923. The van der Waals surface area contributed by atoms with Crippen LogP contribution in [0.1, 0.15) is 31.9 Å². The predicted octanol–water partition coefficient (Wildman–Crippen LogP) is 1.87. The standard InChI is InChI=1S/C16H26N4OS/c1-12-9-22-15(18-12)19-6-3-13(4-7-19)14(21)20-8-5-16(2,10-17)11-20/h9,13H,3-8,10-11,17H2,1-2H3. The molecule has 2 N–H and O–H groups in total. The van der Waals surface area contributed by atoms with Crippen LogP contribution in [0.15, 0.2) is 5.38 Å². The van der Waals surface area contributed by atoms with E-state index in [1.54, 1.807) is 11.3 Å². The molecule has 0 aliphatic carbocycles. The number of nitrogens with zero attached hydrogens (tertiary/aromatic N) is 3. The van der Waals surface area contributed by atoms with Crippen LogP contribution >= 0.6 is 11.3 Å². The molecule has 0 bridgehead atoms. The van der Waals surface area contributed by atoms with Crippen LogP contribution in [-0.2, 0) is 4.79 Å². The highest BCUT2D eigenvalue weighted by molar-refractivity contribution is 7.13. The van der Waals surface area contributed by atoms with Gasteiger partial charge in [-0.05, 0) is 38.1 Å². The lowest BCUT2D eigenvalue weighted by Gasteiger charge is -2.33. The van der Waals surface area contributed by atoms with Gasteiger partial charge in [-0.3, -0.25) is 4.79 Å². The fourth-order valence-corrected chi connectivity index (χ4v) is 4.30. The Morgan fingerprint density at radius 1 is 1.45 bits per heavy atom. The van der Waals surface area contributed by atoms with Gasteiger partial charge in [-0.1, -0.05) is 6.92 Å². The molecule has 3 heterocycles. The fraction of sp³-hybridized carbons (Fsp3) is 0.750. The highest BCUT2D eigenvalue weighted by Gasteiger charge is 2.38. The van der Waals surface area contributed by atoms with E-state index < -0.39 is 0 Å². The summed E-state index contributed by atoms with van der Waals surface area (Å²) in [6, 6.07) is 0. The number of aromatic nitrogens is 1. The van der Waals surface area contributed by atoms with Crippen LogP contribution in [-0.4, -0.2) is 48.5 Å². The van der Waals surface area contributed by atoms with E-state index >= 15 is 0 Å². The van der Waals surface area contributed by atoms with Gasteiger partial charge in [-0.2, -0.15) is 0 Å². The molecule has 1 atom stereocenters. The van der Waals surface area contributed by atoms with Gasteiger partial charge in [0.25, 0.3) is 0 Å². The molecule has 3 rings (SSSR count). The van der Waals surface area contributed by atoms with Crippen LogP contribution in [0.5, 0.6) is 0 Å². The van der Waals surface area contributed by atoms with Crippen molar-refractivity contribution in [2.24, 2.45) is 17.1 Å². The van der Waals surface area contributed by atoms with Crippen molar-refractivity contribution in [3.05, 3.63) is 11.1 Å². The van der Waals surface area contributed by atoms with E-state index in [1.165, 1.54) is 0 Å². The Balaban J connectivity index is 1.54. The molecule has 1 unspecified atom stereocenters. The van der Waals surface area contributed by atoms with Gasteiger partial charge in [0.15, 0.2) is 5.13 Å². The number of thiazole rings is 1. The zero-order valence-electron chi connectivity index (χ0n) is 13.5. The molecule has 2 aliphatic rings. The molecule has 0 radical (unpaired) electrons. The summed E-state index contributed by atoms with van der Waals surface area (Å²) in [6.07, 6.45) is 2.91. The molecule has 0 aromatic carbocycles. The van der Waals surface area contributed by atoms with Gasteiger partial charge in [0, 0.05) is 37.5 Å². The molecular formula is C16H26N4OS. The molecule has 1 amide bonds. The lowest BCUT2D eigenvalue weighted by atomic mass is 9.90. The van der Waals surface area contributed by atoms with Crippen molar-refractivity contribution >= 4 is 22.4 Å². The van der Waals surface area contributed by atoms with Crippen LogP contribution in [0.3, 0.4) is 0 Å². The van der Waals surface area contributed by atoms with Crippen LogP contribution in [0.4, 0.5) is 5.13 Å². The smallest absolute Gasteiger partial charge is 0.225 e. The van der Waals surface area contributed by atoms with Crippen LogP contribution < -0.4 is 10.6 Å². The first-order chi connectivity index (χ1) is 10.5. The number of amides is 1. The number of hydrogen-bond donors (Lipinski definition) is 1. The summed E-state index contributed by atoms with van der Waals surface area (Å²) in [5, 5.41) is 3.19. The molecule has 2 saturated heterocycles. The number of carbonyl (C=O) groups excluding carboxylic acids is 1. The molecule has 1 aromatic heterocycles. The Morgan fingerprint density at radius 3 is 2.73 bits per heavy atom. The first kappa shape index (κ1) is 15.7. The van der Waals surface area contributed by atoms with Crippen molar-refractivity contribution < 1.29 is 4.79 Å². The molecule has 0 spiro atoms. The van der Waals surface area contributed by atoms with Gasteiger partial charge in [0.05, 0.1) is 5.69 Å². The summed E-state index contributed by atoms with van der Waals surface area (Å²) in [4.78, 5) is 21.6. The van der Waals surface area contributed by atoms with E-state index in [4.69, 9.17) is 5.73 Å². The van der Waals surface area contributed by atoms with Gasteiger partial charge < -0.3 is 15.5 Å². The van der Waals surface area contributed by atoms with Gasteiger partial charge in [-0.15, -0.1) is 11.3 Å². The molecule has 22 heavy (non-hydrogen) atoms. The van der Waals surface area contributed by atoms with Crippen LogP contribution in [0, 0.1) is 18.3 Å². The molecular weight excluding hydrogens is 296 g/mol. The lowest BCUT2D eigenvalue weighted by molar-refractivity contribution is -0.135. The Hall–Kier alpha value is -1.14. The number of aryl methyl sites for hydroxylation is 1. The number of likely N-dealkylation sites (tertiary alicyclic amines) is 1. The molecule has 1 aromatic rings. The van der Waals surface area contributed by atoms with E-state index in [0.29, 0.717) is 12.5 Å². The van der Waals surface area contributed by atoms with Gasteiger partial charge in [-0.25, -0.2) is 4.98 Å². The zero-order chi connectivity index (χ0) is 15.7. The number of carbonyl (C=O) groups is 1. The number of rotatable bonds is 3. The third-order valence-electron chi connectivity index (χ3n) is 5.08. The molecule has 2 aliphatic heterocycles. The SMILES string of the molecule is Cc1csc(N2CCC(C(=O)N3CCC(C)(CN)C3)CC2)n1. The number of hydrogen-bond acceptors (Lipinski definition) is 5. The van der Waals surface area contributed by atoms with E-state index in [-0.39, 0.29) is 11.3 Å². The molecule has 122 valence electrons. The van der Waals surface area contributed by atoms with Crippen molar-refractivity contribution in [1.29, 1.82) is 0 Å². The van der Waals surface area contributed by atoms with Crippen molar-refractivity contribution in [1.82, 2.24) is 9.88 Å². The second-order valence-corrected chi connectivity index (χ2v) is 7.89. The summed E-state index contributed by atoms with van der Waals surface area (Å²) >= 11 is 1.70. The largest absolute Gasteiger partial charge is 0.348 e. The Labute approximate surface area is 136 Å². The molecule has 0 saturated carbocycles. The van der Waals surface area contributed by atoms with E-state index in [2.05, 4.69) is 22.2 Å². The second kappa shape index (κ2) is 6.16. The second-order valence-electron chi connectivity index (χ2n) is 7.06. The van der Waals surface area contributed by atoms with Crippen molar-refractivity contribution in [2.75, 3.05) is 37.6 Å². The maximum atomic E-state index is 12.7. The topological polar surface area (TPSA) is 62.5 Å². The maximum absolute atomic E-state index is 12.7. The predicted molar refractivity (Wildman–Crippen MR) is 90.1 cm³/mol. The number of piperidine rings is 1. The average molecular weight is 322 g/mol. The first-order valence-electron chi connectivity index (χ1n) is 8.17. The van der Waals surface area contributed by atoms with E-state index in [0.717, 1.165) is 56.3 Å². The monoisotopic (exact) mass is 322 g/mol. The number of nitrogens with two attached hydrogens (primary N) is 1. The molecule has 5 nitrogen and oxygen atoms in total. The van der Waals surface area contributed by atoms with E-state index in [1.807, 2.05) is 11.8 Å². The molecule has 6 heteroatoms. The number of anilines is 1. The van der Waals surface area contributed by atoms with Crippen molar-refractivity contribution in [2.45, 2.75) is 33.1 Å². The van der Waals surface area contributed by atoms with E-state index in [9.17, 15) is 4.79 Å². The summed E-state index contributed by atoms with van der Waals surface area (Å²) in [6.45, 7) is 8.45. The Bertz CT molecular complexity index is 538. The van der Waals surface area contributed by atoms with Gasteiger partial charge in [0.1, 0.15) is 0 Å². The third kappa shape index (κ3) is 3.13. The summed E-state index contributed by atoms with van der Waals surface area (Å²) in [7, 11) is 0. The lowest BCUT2D eigenvalue weighted by Crippen LogP contribution is -2.43. The normalized spacial score (nSPS) is 26.7. The fourth-order valence-electron chi connectivity index (χ4n) is 3.44. The highest BCUT2D eigenvalue weighted by atomic mass is 32.1. The zero-order valence-corrected chi connectivity index (χ0v) is 14.4. The van der Waals surface area contributed by atoms with Crippen molar-refractivity contribution in [3.63, 3.8) is 0 Å². The van der Waals surface area contributed by atoms with Gasteiger partial charge >= 0.3 is 0 Å².